The number of ketones is 1. The van der Waals surface area contributed by atoms with Gasteiger partial charge in [-0.15, -0.1) is 0 Å². The molecule has 0 spiro atoms. The lowest BCUT2D eigenvalue weighted by Crippen LogP contribution is -2.70. The average molecular weight is 766 g/mol. The Kier molecular flexibility index (Phi) is 9.89. The molecule has 5 aliphatic carbocycles. The van der Waals surface area contributed by atoms with Gasteiger partial charge in [-0.1, -0.05) is 114 Å². The highest BCUT2D eigenvalue weighted by Crippen LogP contribution is 2.77. The Hall–Kier alpha value is -3.03. The molecule has 2 N–H and O–H groups in total. The summed E-state index contributed by atoms with van der Waals surface area (Å²) in [5.41, 5.74) is -1.64. The number of hydrogen-bond acceptors (Lipinski definition) is 5. The summed E-state index contributed by atoms with van der Waals surface area (Å²) in [6.07, 6.45) is 9.20. The summed E-state index contributed by atoms with van der Waals surface area (Å²) in [6, 6.07) is 20.8. The van der Waals surface area contributed by atoms with E-state index in [1.165, 1.54) is 6.04 Å². The zero-order chi connectivity index (χ0) is 39.9. The number of nitrogens with one attached hydrogen (secondary N) is 1. The van der Waals surface area contributed by atoms with Crippen molar-refractivity contribution in [2.45, 2.75) is 143 Å². The van der Waals surface area contributed by atoms with Gasteiger partial charge in [0.25, 0.3) is 0 Å². The van der Waals surface area contributed by atoms with Crippen molar-refractivity contribution < 1.29 is 24.2 Å². The number of hydrogen-bond donors (Lipinski definition) is 2. The largest absolute Gasteiger partial charge is 0.481 e. The zero-order valence-electron chi connectivity index (χ0n) is 35.1. The monoisotopic (exact) mass is 765 g/mol. The fraction of sp³-hybridized carbons (Fsp3) is 0.646. The molecule has 0 radical (unpaired) electrons. The number of rotatable bonds is 9. The topological polar surface area (TPSA) is 92.7 Å². The molecule has 0 saturated heterocycles. The average Bonchev–Trinajstić information content (AvgIpc) is 3.12. The summed E-state index contributed by atoms with van der Waals surface area (Å²) < 4.78 is 6.51. The van der Waals surface area contributed by atoms with E-state index in [1.54, 1.807) is 0 Å². The molecular formula is C48H67NO5Si. The molecule has 0 bridgehead atoms. The van der Waals surface area contributed by atoms with Crippen molar-refractivity contribution >= 4 is 25.8 Å². The van der Waals surface area contributed by atoms with Crippen LogP contribution >= 0.6 is 0 Å². The van der Waals surface area contributed by atoms with Crippen LogP contribution in [0.3, 0.4) is 0 Å². The van der Waals surface area contributed by atoms with E-state index in [1.807, 2.05) is 73.7 Å². The molecule has 0 unspecified atom stereocenters. The molecule has 6 nitrogen and oxygen atoms in total. The second-order valence-corrected chi connectivity index (χ2v) is 27.0. The van der Waals surface area contributed by atoms with Crippen molar-refractivity contribution in [2.75, 3.05) is 6.54 Å². The van der Waals surface area contributed by atoms with Gasteiger partial charge in [-0.25, -0.2) is 0 Å². The van der Waals surface area contributed by atoms with Crippen LogP contribution < -0.4 is 5.32 Å². The Labute approximate surface area is 331 Å². The van der Waals surface area contributed by atoms with E-state index in [4.69, 9.17) is 4.74 Å². The van der Waals surface area contributed by atoms with E-state index in [9.17, 15) is 14.7 Å². The van der Waals surface area contributed by atoms with E-state index < -0.39 is 47.2 Å². The van der Waals surface area contributed by atoms with Crippen LogP contribution in [0.2, 0.25) is 25.7 Å². The fourth-order valence-corrected chi connectivity index (χ4v) is 14.4. The summed E-state index contributed by atoms with van der Waals surface area (Å²) in [4.78, 5) is 44.2. The predicted octanol–water partition coefficient (Wildman–Crippen LogP) is 10.8. The minimum atomic E-state index is -1.37. The van der Waals surface area contributed by atoms with Gasteiger partial charge < -0.3 is 15.2 Å². The van der Waals surface area contributed by atoms with Crippen molar-refractivity contribution in [3.05, 3.63) is 83.4 Å². The highest BCUT2D eigenvalue weighted by atomic mass is 28.3. The first-order valence-corrected chi connectivity index (χ1v) is 24.9. The van der Waals surface area contributed by atoms with Crippen LogP contribution in [0.5, 0.6) is 0 Å². The SMILES string of the molecule is C[C@]1(C(=O)OC(c2ccccc2)c2ccccc2)CC[C@]2(C)CC[C@]3(C)C(=CC(=O)[C@@H]4[C@@]5(C)CCC[C@](C)(NCC[Si](C)(C)C)[C@@H]5CC[C@]43C)[C@@]2(C(=O)O)C1. The number of carboxylic acids is 1. The van der Waals surface area contributed by atoms with E-state index in [2.05, 4.69) is 59.6 Å². The highest BCUT2D eigenvalue weighted by Gasteiger charge is 2.75. The third-order valence-electron chi connectivity index (χ3n) is 16.9. The van der Waals surface area contributed by atoms with Crippen LogP contribution in [0.15, 0.2) is 72.3 Å². The Bertz CT molecular complexity index is 1820. The Balaban J connectivity index is 1.26. The molecule has 298 valence electrons. The second kappa shape index (κ2) is 13.5. The molecule has 2 aromatic carbocycles. The summed E-state index contributed by atoms with van der Waals surface area (Å²) in [7, 11) is -1.21. The van der Waals surface area contributed by atoms with Gasteiger partial charge in [-0.3, -0.25) is 14.4 Å². The van der Waals surface area contributed by atoms with Gasteiger partial charge in [0.2, 0.25) is 0 Å². The number of carbonyl (C=O) groups excluding carboxylic acids is 2. The summed E-state index contributed by atoms with van der Waals surface area (Å²) in [6.45, 7) is 21.8. The summed E-state index contributed by atoms with van der Waals surface area (Å²) in [5, 5.41) is 15.8. The van der Waals surface area contributed by atoms with E-state index in [0.717, 1.165) is 68.2 Å². The molecule has 0 aliphatic heterocycles. The normalized spacial score (nSPS) is 39.9. The number of allylic oxidation sites excluding steroid dienone is 1. The molecule has 4 saturated carbocycles. The molecule has 2 aromatic rings. The van der Waals surface area contributed by atoms with E-state index in [0.29, 0.717) is 18.8 Å². The third-order valence-corrected chi connectivity index (χ3v) is 18.6. The van der Waals surface area contributed by atoms with Crippen LogP contribution in [0.4, 0.5) is 0 Å². The van der Waals surface area contributed by atoms with Crippen molar-refractivity contribution in [3.63, 3.8) is 0 Å². The van der Waals surface area contributed by atoms with Crippen LogP contribution in [-0.2, 0) is 19.1 Å². The van der Waals surface area contributed by atoms with Crippen molar-refractivity contribution in [1.29, 1.82) is 0 Å². The first-order valence-electron chi connectivity index (χ1n) is 21.2. The standard InChI is InChI=1S/C48H67NO5Si/c1-42(41(53)54-38(33-17-12-10-13-18-33)34-19-14-11-15-20-34)25-26-43(2)27-28-45(4)37(48(43,32-42)40(51)52)31-35(50)39-44(3)22-16-23-47(6,49-29-30-55(7,8)9)36(44)21-24-46(39,45)5/h10-15,17-20,31,36,38-39,49H,16,21-30,32H2,1-9H3,(H,51,52)/t36-,39-,42+,43-,44+,45-,46-,47+,48-/m1/s1. The molecule has 5 aliphatic rings. The molecule has 7 heteroatoms. The van der Waals surface area contributed by atoms with Gasteiger partial charge in [0.05, 0.1) is 10.8 Å². The van der Waals surface area contributed by atoms with Gasteiger partial charge >= 0.3 is 11.9 Å². The Morgan fingerprint density at radius 2 is 1.44 bits per heavy atom. The molecular weight excluding hydrogens is 699 g/mol. The van der Waals surface area contributed by atoms with Gasteiger partial charge in [-0.05, 0) is 135 Å². The zero-order valence-corrected chi connectivity index (χ0v) is 36.1. The van der Waals surface area contributed by atoms with Crippen molar-refractivity contribution in [1.82, 2.24) is 5.32 Å². The lowest BCUT2D eigenvalue weighted by molar-refractivity contribution is -0.200. The molecule has 0 heterocycles. The lowest BCUT2D eigenvalue weighted by Gasteiger charge is -2.71. The van der Waals surface area contributed by atoms with Gasteiger partial charge in [0.1, 0.15) is 0 Å². The Morgan fingerprint density at radius 3 is 2.02 bits per heavy atom. The van der Waals surface area contributed by atoms with Crippen LogP contribution in [0, 0.1) is 44.3 Å². The smallest absolute Gasteiger partial charge is 0.314 e. The van der Waals surface area contributed by atoms with Gasteiger partial charge in [0, 0.05) is 19.5 Å². The van der Waals surface area contributed by atoms with E-state index >= 15 is 4.79 Å². The molecule has 55 heavy (non-hydrogen) atoms. The minimum absolute atomic E-state index is 0.0323. The third kappa shape index (κ3) is 6.15. The maximum atomic E-state index is 15.2. The molecule has 7 rings (SSSR count). The number of ether oxygens (including phenoxy) is 1. The highest BCUT2D eigenvalue weighted by molar-refractivity contribution is 6.76. The van der Waals surface area contributed by atoms with Crippen LogP contribution in [-0.4, -0.2) is 43.0 Å². The first kappa shape index (κ1) is 40.2. The predicted molar refractivity (Wildman–Crippen MR) is 222 cm³/mol. The number of carboxylic acid groups (broad SMARTS) is 1. The number of benzene rings is 2. The molecule has 4 fully saturated rings. The van der Waals surface area contributed by atoms with Crippen molar-refractivity contribution in [2.24, 2.45) is 44.3 Å². The Morgan fingerprint density at radius 1 is 0.836 bits per heavy atom. The minimum Gasteiger partial charge on any atom is -0.481 e. The van der Waals surface area contributed by atoms with E-state index in [-0.39, 0.29) is 35.0 Å². The van der Waals surface area contributed by atoms with Crippen LogP contribution in [0.1, 0.15) is 123 Å². The number of esters is 1. The number of aliphatic carboxylic acids is 1. The first-order chi connectivity index (χ1) is 25.7. The van der Waals surface area contributed by atoms with Gasteiger partial charge in [-0.2, -0.15) is 0 Å². The lowest BCUT2D eigenvalue weighted by atomic mass is 9.31. The molecule has 0 aromatic heterocycles. The van der Waals surface area contributed by atoms with Gasteiger partial charge in [0.15, 0.2) is 11.9 Å². The quantitative estimate of drug-likeness (QED) is 0.195. The maximum Gasteiger partial charge on any atom is 0.314 e. The second-order valence-electron chi connectivity index (χ2n) is 21.4. The summed E-state index contributed by atoms with van der Waals surface area (Å²) in [5.74, 6) is -0.975. The number of fused-ring (bicyclic) bond motifs is 7. The van der Waals surface area contributed by atoms with Crippen molar-refractivity contribution in [3.8, 4) is 0 Å². The maximum absolute atomic E-state index is 15.2. The number of carbonyl (C=O) groups is 3. The molecule has 9 atom stereocenters. The molecule has 0 amide bonds. The van der Waals surface area contributed by atoms with Crippen LogP contribution in [0.25, 0.3) is 0 Å². The summed E-state index contributed by atoms with van der Waals surface area (Å²) >= 11 is 0. The fourth-order valence-electron chi connectivity index (χ4n) is 13.5.